The first kappa shape index (κ1) is 15.8. The maximum atomic E-state index is 12.9. The van der Waals surface area contributed by atoms with Gasteiger partial charge in [-0.3, -0.25) is 4.79 Å². The van der Waals surface area contributed by atoms with Gasteiger partial charge < -0.3 is 15.0 Å². The SMILES string of the molecule is CN1CCC[C@H]1CNC(=O)CCCOc1cccc(F)c1. The van der Waals surface area contributed by atoms with Crippen molar-refractivity contribution in [1.29, 1.82) is 0 Å². The molecule has 1 saturated heterocycles. The summed E-state index contributed by atoms with van der Waals surface area (Å²) in [4.78, 5) is 14.0. The highest BCUT2D eigenvalue weighted by Crippen LogP contribution is 2.14. The average Bonchev–Trinajstić information content (AvgIpc) is 2.87. The fraction of sp³-hybridized carbons (Fsp3) is 0.562. The van der Waals surface area contributed by atoms with Gasteiger partial charge in [0.15, 0.2) is 0 Å². The van der Waals surface area contributed by atoms with Crippen molar-refractivity contribution in [3.63, 3.8) is 0 Å². The molecule has 0 saturated carbocycles. The molecule has 0 spiro atoms. The standard InChI is InChI=1S/C16H23FN2O2/c1-19-9-3-6-14(19)12-18-16(20)8-4-10-21-15-7-2-5-13(17)11-15/h2,5,7,11,14H,3-4,6,8-10,12H2,1H3,(H,18,20)/t14-/m0/s1. The predicted molar refractivity (Wildman–Crippen MR) is 79.8 cm³/mol. The van der Waals surface area contributed by atoms with Gasteiger partial charge in [-0.1, -0.05) is 6.07 Å². The summed E-state index contributed by atoms with van der Waals surface area (Å²) in [5, 5.41) is 2.97. The number of nitrogens with one attached hydrogen (secondary N) is 1. The second-order valence-corrected chi connectivity index (χ2v) is 5.49. The van der Waals surface area contributed by atoms with Gasteiger partial charge in [0.25, 0.3) is 0 Å². The third-order valence-electron chi connectivity index (χ3n) is 3.82. The Morgan fingerprint density at radius 1 is 1.52 bits per heavy atom. The first-order chi connectivity index (χ1) is 10.1. The summed E-state index contributed by atoms with van der Waals surface area (Å²) in [6.45, 7) is 2.25. The van der Waals surface area contributed by atoms with Gasteiger partial charge in [0, 0.05) is 25.1 Å². The number of hydrogen-bond donors (Lipinski definition) is 1. The zero-order chi connectivity index (χ0) is 15.1. The first-order valence-corrected chi connectivity index (χ1v) is 7.50. The summed E-state index contributed by atoms with van der Waals surface area (Å²) in [6, 6.07) is 6.50. The van der Waals surface area contributed by atoms with Gasteiger partial charge in [0.05, 0.1) is 6.61 Å². The Labute approximate surface area is 125 Å². The van der Waals surface area contributed by atoms with E-state index in [1.54, 1.807) is 12.1 Å². The van der Waals surface area contributed by atoms with E-state index in [9.17, 15) is 9.18 Å². The smallest absolute Gasteiger partial charge is 0.220 e. The molecule has 4 nitrogen and oxygen atoms in total. The molecule has 0 unspecified atom stereocenters. The van der Waals surface area contributed by atoms with Crippen molar-refractivity contribution in [3.05, 3.63) is 30.1 Å². The van der Waals surface area contributed by atoms with Crippen LogP contribution in [0.4, 0.5) is 4.39 Å². The molecular formula is C16H23FN2O2. The maximum absolute atomic E-state index is 12.9. The van der Waals surface area contributed by atoms with Crippen LogP contribution < -0.4 is 10.1 Å². The van der Waals surface area contributed by atoms with E-state index in [0.29, 0.717) is 31.2 Å². The van der Waals surface area contributed by atoms with E-state index in [-0.39, 0.29) is 11.7 Å². The Kier molecular flexibility index (Phi) is 5.99. The summed E-state index contributed by atoms with van der Waals surface area (Å²) >= 11 is 0. The van der Waals surface area contributed by atoms with Crippen LogP contribution in [0.2, 0.25) is 0 Å². The second kappa shape index (κ2) is 7.98. The Balaban J connectivity index is 1.57. The minimum absolute atomic E-state index is 0.0538. The van der Waals surface area contributed by atoms with E-state index in [0.717, 1.165) is 19.5 Å². The number of rotatable bonds is 7. The number of nitrogens with zero attached hydrogens (tertiary/aromatic N) is 1. The van der Waals surface area contributed by atoms with Crippen molar-refractivity contribution < 1.29 is 13.9 Å². The molecule has 1 aliphatic rings. The lowest BCUT2D eigenvalue weighted by molar-refractivity contribution is -0.121. The quantitative estimate of drug-likeness (QED) is 0.784. The van der Waals surface area contributed by atoms with E-state index >= 15 is 0 Å². The number of carbonyl (C=O) groups is 1. The zero-order valence-corrected chi connectivity index (χ0v) is 12.5. The first-order valence-electron chi connectivity index (χ1n) is 7.50. The van der Waals surface area contributed by atoms with Crippen LogP contribution in [0.25, 0.3) is 0 Å². The van der Waals surface area contributed by atoms with Crippen LogP contribution in [0.3, 0.4) is 0 Å². The number of likely N-dealkylation sites (N-methyl/N-ethyl adjacent to an activating group) is 1. The summed E-state index contributed by atoms with van der Waals surface area (Å²) < 4.78 is 18.3. The molecule has 1 N–H and O–H groups in total. The number of benzene rings is 1. The van der Waals surface area contributed by atoms with Crippen LogP contribution >= 0.6 is 0 Å². The lowest BCUT2D eigenvalue weighted by Crippen LogP contribution is -2.38. The fourth-order valence-electron chi connectivity index (χ4n) is 2.54. The molecular weight excluding hydrogens is 271 g/mol. The van der Waals surface area contributed by atoms with Crippen molar-refractivity contribution >= 4 is 5.91 Å². The molecule has 1 amide bonds. The zero-order valence-electron chi connectivity index (χ0n) is 12.5. The van der Waals surface area contributed by atoms with E-state index < -0.39 is 0 Å². The lowest BCUT2D eigenvalue weighted by atomic mass is 10.2. The Morgan fingerprint density at radius 2 is 2.38 bits per heavy atom. The maximum Gasteiger partial charge on any atom is 0.220 e. The Bertz CT molecular complexity index is 467. The summed E-state index contributed by atoms with van der Waals surface area (Å²) in [6.07, 6.45) is 3.42. The second-order valence-electron chi connectivity index (χ2n) is 5.49. The van der Waals surface area contributed by atoms with Crippen molar-refractivity contribution in [2.75, 3.05) is 26.7 Å². The summed E-state index contributed by atoms with van der Waals surface area (Å²) in [5.74, 6) is 0.243. The highest BCUT2D eigenvalue weighted by molar-refractivity contribution is 5.75. The third kappa shape index (κ3) is 5.34. The molecule has 0 aliphatic carbocycles. The molecule has 0 radical (unpaired) electrons. The third-order valence-corrected chi connectivity index (χ3v) is 3.82. The lowest BCUT2D eigenvalue weighted by Gasteiger charge is -2.19. The molecule has 1 aliphatic heterocycles. The van der Waals surface area contributed by atoms with E-state index in [1.807, 2.05) is 0 Å². The number of halogens is 1. The van der Waals surface area contributed by atoms with Crippen molar-refractivity contribution in [2.24, 2.45) is 0 Å². The minimum atomic E-state index is -0.314. The molecule has 1 heterocycles. The van der Waals surface area contributed by atoms with Gasteiger partial charge in [-0.2, -0.15) is 0 Å². The van der Waals surface area contributed by atoms with E-state index in [1.165, 1.54) is 18.6 Å². The van der Waals surface area contributed by atoms with Crippen LogP contribution in [0, 0.1) is 5.82 Å². The molecule has 1 aromatic rings. The Hall–Kier alpha value is -1.62. The minimum Gasteiger partial charge on any atom is -0.493 e. The van der Waals surface area contributed by atoms with Crippen LogP contribution in [0.1, 0.15) is 25.7 Å². The average molecular weight is 294 g/mol. The Morgan fingerprint density at radius 3 is 3.10 bits per heavy atom. The highest BCUT2D eigenvalue weighted by atomic mass is 19.1. The molecule has 2 rings (SSSR count). The summed E-state index contributed by atoms with van der Waals surface area (Å²) in [7, 11) is 2.09. The molecule has 116 valence electrons. The number of ether oxygens (including phenoxy) is 1. The number of likely N-dealkylation sites (tertiary alicyclic amines) is 1. The molecule has 1 atom stereocenters. The fourth-order valence-corrected chi connectivity index (χ4v) is 2.54. The highest BCUT2D eigenvalue weighted by Gasteiger charge is 2.20. The molecule has 5 heteroatoms. The molecule has 0 bridgehead atoms. The molecule has 1 aromatic carbocycles. The predicted octanol–water partition coefficient (Wildman–Crippen LogP) is 2.20. The molecule has 21 heavy (non-hydrogen) atoms. The normalized spacial score (nSPS) is 18.7. The topological polar surface area (TPSA) is 41.6 Å². The van der Waals surface area contributed by atoms with Gasteiger partial charge in [-0.05, 0) is 45.0 Å². The van der Waals surface area contributed by atoms with E-state index in [2.05, 4.69) is 17.3 Å². The largest absolute Gasteiger partial charge is 0.493 e. The number of amides is 1. The van der Waals surface area contributed by atoms with Crippen LogP contribution in [0.5, 0.6) is 5.75 Å². The molecule has 1 fully saturated rings. The summed E-state index contributed by atoms with van der Waals surface area (Å²) in [5.41, 5.74) is 0. The van der Waals surface area contributed by atoms with Crippen LogP contribution in [-0.4, -0.2) is 43.6 Å². The van der Waals surface area contributed by atoms with Gasteiger partial charge in [-0.15, -0.1) is 0 Å². The van der Waals surface area contributed by atoms with Gasteiger partial charge >= 0.3 is 0 Å². The monoisotopic (exact) mass is 294 g/mol. The van der Waals surface area contributed by atoms with Crippen molar-refractivity contribution in [1.82, 2.24) is 10.2 Å². The van der Waals surface area contributed by atoms with Crippen LogP contribution in [-0.2, 0) is 4.79 Å². The molecule has 0 aromatic heterocycles. The van der Waals surface area contributed by atoms with Gasteiger partial charge in [0.1, 0.15) is 11.6 Å². The van der Waals surface area contributed by atoms with Crippen molar-refractivity contribution in [3.8, 4) is 5.75 Å². The number of carbonyl (C=O) groups excluding carboxylic acids is 1. The van der Waals surface area contributed by atoms with Gasteiger partial charge in [-0.25, -0.2) is 4.39 Å². The van der Waals surface area contributed by atoms with Crippen molar-refractivity contribution in [2.45, 2.75) is 31.7 Å². The van der Waals surface area contributed by atoms with E-state index in [4.69, 9.17) is 4.74 Å². The van der Waals surface area contributed by atoms with Gasteiger partial charge in [0.2, 0.25) is 5.91 Å². The van der Waals surface area contributed by atoms with Crippen LogP contribution in [0.15, 0.2) is 24.3 Å². The number of hydrogen-bond acceptors (Lipinski definition) is 3.